The summed E-state index contributed by atoms with van der Waals surface area (Å²) in [5.74, 6) is 8.23. The van der Waals surface area contributed by atoms with Gasteiger partial charge in [-0.2, -0.15) is 0 Å². The number of nitrogens with zero attached hydrogens (tertiary/aromatic N) is 4. The maximum absolute atomic E-state index is 5.43. The molecule has 2 aromatic rings. The van der Waals surface area contributed by atoms with E-state index in [1.165, 1.54) is 0 Å². The van der Waals surface area contributed by atoms with Crippen LogP contribution in [0.1, 0.15) is 25.5 Å². The lowest BCUT2D eigenvalue weighted by Gasteiger charge is -2.10. The van der Waals surface area contributed by atoms with Crippen LogP contribution in [0, 0.1) is 0 Å². The number of hydrogen-bond acceptors (Lipinski definition) is 6. The first kappa shape index (κ1) is 13.4. The zero-order valence-electron chi connectivity index (χ0n) is 11.1. The molecule has 0 spiro atoms. The molecule has 0 bridgehead atoms. The summed E-state index contributed by atoms with van der Waals surface area (Å²) in [7, 11) is 0. The number of hydrogen-bond donors (Lipinski definition) is 2. The first-order chi connectivity index (χ1) is 9.28. The number of rotatable bonds is 6. The van der Waals surface area contributed by atoms with Gasteiger partial charge in [-0.15, -0.1) is 0 Å². The maximum Gasteiger partial charge on any atom is 0.158 e. The van der Waals surface area contributed by atoms with Gasteiger partial charge in [-0.3, -0.25) is 4.57 Å². The average Bonchev–Trinajstić information content (AvgIpc) is 2.93. The topological polar surface area (TPSA) is 90.9 Å². The monoisotopic (exact) mass is 262 g/mol. The summed E-state index contributed by atoms with van der Waals surface area (Å²) in [4.78, 5) is 13.0. The largest absolute Gasteiger partial charge is 0.374 e. The highest BCUT2D eigenvalue weighted by Gasteiger charge is 2.09. The molecule has 0 amide bonds. The summed E-state index contributed by atoms with van der Waals surface area (Å²) in [6.07, 6.45) is 4.44. The van der Waals surface area contributed by atoms with Crippen LogP contribution >= 0.6 is 0 Å². The first-order valence-electron chi connectivity index (χ1n) is 6.23. The number of ether oxygens (including phenoxy) is 1. The molecule has 0 aliphatic rings. The molecule has 0 aliphatic heterocycles. The molecule has 2 aromatic heterocycles. The summed E-state index contributed by atoms with van der Waals surface area (Å²) < 4.78 is 7.24. The SMILES string of the molecule is CCOCc1nc(NN)cc(-n2ccnc2CC)n1. The molecule has 3 N–H and O–H groups in total. The van der Waals surface area contributed by atoms with Crippen molar-refractivity contribution >= 4 is 5.82 Å². The Balaban J connectivity index is 2.38. The molecule has 0 aromatic carbocycles. The Labute approximate surface area is 111 Å². The van der Waals surface area contributed by atoms with Gasteiger partial charge in [0.25, 0.3) is 0 Å². The Morgan fingerprint density at radius 1 is 1.37 bits per heavy atom. The average molecular weight is 262 g/mol. The summed E-state index contributed by atoms with van der Waals surface area (Å²) >= 11 is 0. The highest BCUT2D eigenvalue weighted by Crippen LogP contribution is 2.13. The van der Waals surface area contributed by atoms with Crippen LogP contribution in [0.5, 0.6) is 0 Å². The molecule has 2 heterocycles. The Kier molecular flexibility index (Phi) is 4.43. The molecule has 2 rings (SSSR count). The third-order valence-corrected chi connectivity index (χ3v) is 2.62. The van der Waals surface area contributed by atoms with Crippen molar-refractivity contribution < 1.29 is 4.74 Å². The van der Waals surface area contributed by atoms with Gasteiger partial charge in [0.05, 0.1) is 0 Å². The van der Waals surface area contributed by atoms with Crippen LogP contribution in [0.25, 0.3) is 5.82 Å². The van der Waals surface area contributed by atoms with Crippen LogP contribution in [-0.4, -0.2) is 26.1 Å². The highest BCUT2D eigenvalue weighted by atomic mass is 16.5. The molecular weight excluding hydrogens is 244 g/mol. The lowest BCUT2D eigenvalue weighted by atomic mass is 10.4. The Morgan fingerprint density at radius 3 is 2.89 bits per heavy atom. The van der Waals surface area contributed by atoms with E-state index in [1.54, 1.807) is 12.3 Å². The van der Waals surface area contributed by atoms with E-state index >= 15 is 0 Å². The van der Waals surface area contributed by atoms with Crippen molar-refractivity contribution in [3.05, 3.63) is 30.1 Å². The number of anilines is 1. The molecule has 0 radical (unpaired) electrons. The third-order valence-electron chi connectivity index (χ3n) is 2.62. The summed E-state index contributed by atoms with van der Waals surface area (Å²) in [5.41, 5.74) is 2.54. The van der Waals surface area contributed by atoms with E-state index in [0.29, 0.717) is 24.9 Å². The zero-order chi connectivity index (χ0) is 13.7. The van der Waals surface area contributed by atoms with Gasteiger partial charge in [0.1, 0.15) is 24.1 Å². The van der Waals surface area contributed by atoms with E-state index in [4.69, 9.17) is 10.6 Å². The molecule has 102 valence electrons. The van der Waals surface area contributed by atoms with E-state index in [-0.39, 0.29) is 0 Å². The molecule has 19 heavy (non-hydrogen) atoms. The molecular formula is C12H18N6O. The second kappa shape index (κ2) is 6.26. The predicted octanol–water partition coefficient (Wildman–Crippen LogP) is 1.05. The first-order valence-corrected chi connectivity index (χ1v) is 6.23. The second-order valence-corrected chi connectivity index (χ2v) is 3.88. The van der Waals surface area contributed by atoms with Gasteiger partial charge in [0.2, 0.25) is 0 Å². The van der Waals surface area contributed by atoms with E-state index in [0.717, 1.165) is 18.1 Å². The van der Waals surface area contributed by atoms with Crippen LogP contribution < -0.4 is 11.3 Å². The quantitative estimate of drug-likeness (QED) is 0.597. The van der Waals surface area contributed by atoms with Crippen LogP contribution in [-0.2, 0) is 17.8 Å². The molecule has 0 aliphatic carbocycles. The van der Waals surface area contributed by atoms with E-state index in [2.05, 4.69) is 20.4 Å². The molecule has 7 nitrogen and oxygen atoms in total. The van der Waals surface area contributed by atoms with Crippen LogP contribution in [0.3, 0.4) is 0 Å². The fourth-order valence-corrected chi connectivity index (χ4v) is 1.74. The van der Waals surface area contributed by atoms with Crippen molar-refractivity contribution in [2.24, 2.45) is 5.84 Å². The number of hydrazine groups is 1. The van der Waals surface area contributed by atoms with Gasteiger partial charge >= 0.3 is 0 Å². The van der Waals surface area contributed by atoms with Crippen molar-refractivity contribution in [1.82, 2.24) is 19.5 Å². The van der Waals surface area contributed by atoms with Gasteiger partial charge in [-0.25, -0.2) is 20.8 Å². The lowest BCUT2D eigenvalue weighted by molar-refractivity contribution is 0.128. The third kappa shape index (κ3) is 3.07. The van der Waals surface area contributed by atoms with E-state index in [1.807, 2.05) is 24.6 Å². The zero-order valence-corrected chi connectivity index (χ0v) is 11.1. The molecule has 0 saturated heterocycles. The minimum absolute atomic E-state index is 0.356. The van der Waals surface area contributed by atoms with Gasteiger partial charge in [-0.1, -0.05) is 6.92 Å². The number of aromatic nitrogens is 4. The van der Waals surface area contributed by atoms with Gasteiger partial charge in [-0.05, 0) is 6.92 Å². The van der Waals surface area contributed by atoms with Gasteiger partial charge in [0, 0.05) is 31.5 Å². The summed E-state index contributed by atoms with van der Waals surface area (Å²) in [6.45, 7) is 4.94. The van der Waals surface area contributed by atoms with Gasteiger partial charge < -0.3 is 10.2 Å². The normalized spacial score (nSPS) is 10.7. The van der Waals surface area contributed by atoms with E-state index in [9.17, 15) is 0 Å². The molecule has 7 heteroatoms. The minimum Gasteiger partial charge on any atom is -0.374 e. The molecule has 0 fully saturated rings. The number of nitrogens with one attached hydrogen (secondary N) is 1. The predicted molar refractivity (Wildman–Crippen MR) is 71.7 cm³/mol. The maximum atomic E-state index is 5.43. The Hall–Kier alpha value is -1.99. The number of aryl methyl sites for hydroxylation is 1. The Morgan fingerprint density at radius 2 is 2.21 bits per heavy atom. The van der Waals surface area contributed by atoms with Crippen molar-refractivity contribution in [3.8, 4) is 5.82 Å². The van der Waals surface area contributed by atoms with Crippen LogP contribution in [0.15, 0.2) is 18.5 Å². The van der Waals surface area contributed by atoms with Crippen LogP contribution in [0.4, 0.5) is 5.82 Å². The summed E-state index contributed by atoms with van der Waals surface area (Å²) in [5, 5.41) is 0. The molecule has 0 unspecified atom stereocenters. The van der Waals surface area contributed by atoms with Crippen molar-refractivity contribution in [3.63, 3.8) is 0 Å². The Bertz CT molecular complexity index is 539. The number of nitrogens with two attached hydrogens (primary N) is 1. The lowest BCUT2D eigenvalue weighted by Crippen LogP contribution is -2.13. The van der Waals surface area contributed by atoms with Crippen LogP contribution in [0.2, 0.25) is 0 Å². The fourth-order valence-electron chi connectivity index (χ4n) is 1.74. The number of imidazole rings is 1. The highest BCUT2D eigenvalue weighted by molar-refractivity contribution is 5.41. The minimum atomic E-state index is 0.356. The van der Waals surface area contributed by atoms with E-state index < -0.39 is 0 Å². The summed E-state index contributed by atoms with van der Waals surface area (Å²) in [6, 6.07) is 1.77. The van der Waals surface area contributed by atoms with Crippen molar-refractivity contribution in [1.29, 1.82) is 0 Å². The standard InChI is InChI=1S/C12H18N6O/c1-3-11-14-5-6-18(11)12-7-9(17-13)15-10(16-12)8-19-4-2/h5-7H,3-4,8,13H2,1-2H3,(H,15,16,17). The smallest absolute Gasteiger partial charge is 0.158 e. The second-order valence-electron chi connectivity index (χ2n) is 3.88. The van der Waals surface area contributed by atoms with Gasteiger partial charge in [0.15, 0.2) is 5.82 Å². The molecule has 0 saturated carbocycles. The fraction of sp³-hybridized carbons (Fsp3) is 0.417. The van der Waals surface area contributed by atoms with Crippen molar-refractivity contribution in [2.45, 2.75) is 26.9 Å². The van der Waals surface area contributed by atoms with Crippen molar-refractivity contribution in [2.75, 3.05) is 12.0 Å². The molecule has 0 atom stereocenters. The number of nitrogen functional groups attached to an aromatic ring is 1.